The highest BCUT2D eigenvalue weighted by Crippen LogP contribution is 2.35. The molecule has 1 unspecified atom stereocenters. The number of hydrogen-bond acceptors (Lipinski definition) is 3. The Morgan fingerprint density at radius 1 is 1.03 bits per heavy atom. The first-order valence-electron chi connectivity index (χ1n) is 12.7. The Morgan fingerprint density at radius 2 is 1.81 bits per heavy atom. The van der Waals surface area contributed by atoms with E-state index in [2.05, 4.69) is 15.2 Å². The Hall–Kier alpha value is -3.77. The van der Waals surface area contributed by atoms with E-state index in [1.165, 1.54) is 0 Å². The summed E-state index contributed by atoms with van der Waals surface area (Å²) in [5.41, 5.74) is 5.86. The van der Waals surface area contributed by atoms with Gasteiger partial charge in [0, 0.05) is 52.9 Å². The number of H-pyrrole nitrogens is 1. The number of amides is 1. The van der Waals surface area contributed by atoms with Crippen LogP contribution in [-0.2, 0) is 22.4 Å². The maximum Gasteiger partial charge on any atom is 0.303 e. The van der Waals surface area contributed by atoms with Crippen LogP contribution in [0.25, 0.3) is 10.9 Å². The van der Waals surface area contributed by atoms with Crippen LogP contribution in [-0.4, -0.2) is 35.1 Å². The fourth-order valence-electron chi connectivity index (χ4n) is 5.16. The van der Waals surface area contributed by atoms with Crippen molar-refractivity contribution in [3.63, 3.8) is 0 Å². The molecule has 6 nitrogen and oxygen atoms in total. The highest BCUT2D eigenvalue weighted by atomic mass is 35.5. The minimum absolute atomic E-state index is 0.0663. The molecular formula is C30H30ClN3O3. The number of benzene rings is 3. The third-order valence-electron chi connectivity index (χ3n) is 6.99. The molecule has 3 N–H and O–H groups in total. The van der Waals surface area contributed by atoms with Crippen molar-refractivity contribution in [2.24, 2.45) is 0 Å². The number of carboxylic acid groups (broad SMARTS) is 1. The van der Waals surface area contributed by atoms with Gasteiger partial charge in [-0.2, -0.15) is 0 Å². The molecule has 37 heavy (non-hydrogen) atoms. The number of nitrogens with one attached hydrogen (secondary N) is 2. The molecule has 1 atom stereocenters. The Morgan fingerprint density at radius 3 is 2.57 bits per heavy atom. The Labute approximate surface area is 221 Å². The van der Waals surface area contributed by atoms with Crippen molar-refractivity contribution < 1.29 is 14.7 Å². The standard InChI is InChI=1S/C30H30ClN3O3/c31-23-10-11-24(27(18-23)34-14-4-5-15-34)30(21-6-2-1-3-7-21)33-28(35)17-20-8-12-26-25(16-20)22(19-32-26)9-13-29(36)37/h1-3,6-8,10-12,16,18-19,30,32H,4-5,9,13-15,17H2,(H,33,35)(H,36,37). The van der Waals surface area contributed by atoms with Gasteiger partial charge >= 0.3 is 5.97 Å². The van der Waals surface area contributed by atoms with Crippen molar-refractivity contribution in [3.05, 3.63) is 100 Å². The molecule has 1 amide bonds. The van der Waals surface area contributed by atoms with Gasteiger partial charge in [0.25, 0.3) is 0 Å². The zero-order chi connectivity index (χ0) is 25.8. The molecule has 1 aliphatic heterocycles. The quantitative estimate of drug-likeness (QED) is 0.259. The predicted molar refractivity (Wildman–Crippen MR) is 147 cm³/mol. The number of anilines is 1. The molecule has 3 aromatic carbocycles. The summed E-state index contributed by atoms with van der Waals surface area (Å²) < 4.78 is 0. The van der Waals surface area contributed by atoms with Crippen LogP contribution in [0, 0.1) is 0 Å². The van der Waals surface area contributed by atoms with E-state index in [9.17, 15) is 9.59 Å². The number of aryl methyl sites for hydroxylation is 1. The lowest BCUT2D eigenvalue weighted by Crippen LogP contribution is -2.32. The summed E-state index contributed by atoms with van der Waals surface area (Å²) in [6.45, 7) is 1.95. The van der Waals surface area contributed by atoms with Crippen LogP contribution in [0.4, 0.5) is 5.69 Å². The third-order valence-corrected chi connectivity index (χ3v) is 7.23. The molecule has 4 aromatic rings. The van der Waals surface area contributed by atoms with Gasteiger partial charge in [-0.15, -0.1) is 0 Å². The summed E-state index contributed by atoms with van der Waals surface area (Å²) in [7, 11) is 0. The first-order chi connectivity index (χ1) is 18.0. The van der Waals surface area contributed by atoms with Gasteiger partial charge in [0.1, 0.15) is 0 Å². The molecular weight excluding hydrogens is 486 g/mol. The average Bonchev–Trinajstić information content (AvgIpc) is 3.57. The number of hydrogen-bond donors (Lipinski definition) is 3. The number of nitrogens with zero attached hydrogens (tertiary/aromatic N) is 1. The molecule has 1 aromatic heterocycles. The van der Waals surface area contributed by atoms with Crippen LogP contribution < -0.4 is 10.2 Å². The fraction of sp³-hybridized carbons (Fsp3) is 0.267. The molecule has 1 aliphatic rings. The second kappa shape index (κ2) is 11.1. The average molecular weight is 516 g/mol. The number of fused-ring (bicyclic) bond motifs is 1. The second-order valence-corrected chi connectivity index (χ2v) is 10.0. The van der Waals surface area contributed by atoms with Gasteiger partial charge in [-0.1, -0.05) is 54.1 Å². The van der Waals surface area contributed by atoms with Gasteiger partial charge in [0.2, 0.25) is 5.91 Å². The summed E-state index contributed by atoms with van der Waals surface area (Å²) in [5.74, 6) is -0.912. The van der Waals surface area contributed by atoms with Gasteiger partial charge in [-0.3, -0.25) is 9.59 Å². The minimum Gasteiger partial charge on any atom is -0.481 e. The Bertz CT molecular complexity index is 1410. The molecule has 0 spiro atoms. The molecule has 190 valence electrons. The molecule has 2 heterocycles. The van der Waals surface area contributed by atoms with Gasteiger partial charge in [0.05, 0.1) is 12.5 Å². The molecule has 5 rings (SSSR count). The number of carboxylic acids is 1. The highest BCUT2D eigenvalue weighted by Gasteiger charge is 2.24. The number of halogens is 1. The van der Waals surface area contributed by atoms with Crippen molar-refractivity contribution in [2.45, 2.75) is 38.1 Å². The third kappa shape index (κ3) is 5.81. The van der Waals surface area contributed by atoms with Crippen LogP contribution in [0.1, 0.15) is 47.6 Å². The lowest BCUT2D eigenvalue weighted by atomic mass is 9.96. The number of rotatable bonds is 9. The number of carbonyl (C=O) groups excluding carboxylic acids is 1. The minimum atomic E-state index is -0.827. The van der Waals surface area contributed by atoms with E-state index in [1.807, 2.05) is 72.9 Å². The summed E-state index contributed by atoms with van der Waals surface area (Å²) >= 11 is 6.40. The van der Waals surface area contributed by atoms with Crippen LogP contribution in [0.3, 0.4) is 0 Å². The zero-order valence-corrected chi connectivity index (χ0v) is 21.3. The van der Waals surface area contributed by atoms with E-state index in [4.69, 9.17) is 16.7 Å². The zero-order valence-electron chi connectivity index (χ0n) is 20.5. The van der Waals surface area contributed by atoms with Gasteiger partial charge in [0.15, 0.2) is 0 Å². The molecule has 0 saturated carbocycles. The number of aromatic nitrogens is 1. The van der Waals surface area contributed by atoms with Crippen LogP contribution >= 0.6 is 11.6 Å². The summed E-state index contributed by atoms with van der Waals surface area (Å²) in [5, 5.41) is 14.0. The van der Waals surface area contributed by atoms with E-state index in [0.29, 0.717) is 11.4 Å². The molecule has 0 aliphatic carbocycles. The number of aliphatic carboxylic acids is 1. The largest absolute Gasteiger partial charge is 0.481 e. The molecule has 1 fully saturated rings. The first kappa shape index (κ1) is 24.9. The van der Waals surface area contributed by atoms with E-state index in [1.54, 1.807) is 0 Å². The lowest BCUT2D eigenvalue weighted by molar-refractivity contribution is -0.137. The fourth-order valence-corrected chi connectivity index (χ4v) is 5.33. The summed E-state index contributed by atoms with van der Waals surface area (Å²) in [6, 6.07) is 21.5. The number of aromatic amines is 1. The highest BCUT2D eigenvalue weighted by molar-refractivity contribution is 6.30. The maximum atomic E-state index is 13.4. The Kier molecular flexibility index (Phi) is 7.47. The van der Waals surface area contributed by atoms with Gasteiger partial charge < -0.3 is 20.3 Å². The van der Waals surface area contributed by atoms with Crippen molar-refractivity contribution in [2.75, 3.05) is 18.0 Å². The monoisotopic (exact) mass is 515 g/mol. The Balaban J connectivity index is 1.42. The van der Waals surface area contributed by atoms with Crippen LogP contribution in [0.15, 0.2) is 72.9 Å². The van der Waals surface area contributed by atoms with Gasteiger partial charge in [-0.25, -0.2) is 0 Å². The van der Waals surface area contributed by atoms with Crippen molar-refractivity contribution in [1.82, 2.24) is 10.3 Å². The molecule has 1 saturated heterocycles. The SMILES string of the molecule is O=C(O)CCc1c[nH]c2ccc(CC(=O)NC(c3ccccc3)c3ccc(Cl)cc3N3CCCC3)cc12. The van der Waals surface area contributed by atoms with E-state index >= 15 is 0 Å². The molecule has 0 radical (unpaired) electrons. The smallest absolute Gasteiger partial charge is 0.303 e. The van der Waals surface area contributed by atoms with E-state index in [-0.39, 0.29) is 24.8 Å². The summed E-state index contributed by atoms with van der Waals surface area (Å²) in [4.78, 5) is 30.0. The van der Waals surface area contributed by atoms with Crippen molar-refractivity contribution in [1.29, 1.82) is 0 Å². The van der Waals surface area contributed by atoms with E-state index < -0.39 is 5.97 Å². The van der Waals surface area contributed by atoms with Crippen LogP contribution in [0.5, 0.6) is 0 Å². The topological polar surface area (TPSA) is 85.4 Å². The second-order valence-electron chi connectivity index (χ2n) is 9.57. The molecule has 0 bridgehead atoms. The van der Waals surface area contributed by atoms with Crippen molar-refractivity contribution >= 4 is 40.1 Å². The number of carbonyl (C=O) groups is 2. The summed E-state index contributed by atoms with van der Waals surface area (Å²) in [6.07, 6.45) is 4.86. The first-order valence-corrected chi connectivity index (χ1v) is 13.0. The van der Waals surface area contributed by atoms with Crippen LogP contribution in [0.2, 0.25) is 5.02 Å². The normalized spacial score (nSPS) is 14.1. The lowest BCUT2D eigenvalue weighted by Gasteiger charge is -2.27. The predicted octanol–water partition coefficient (Wildman–Crippen LogP) is 5.89. The van der Waals surface area contributed by atoms with Gasteiger partial charge in [-0.05, 0) is 60.2 Å². The molecule has 7 heteroatoms. The van der Waals surface area contributed by atoms with Crippen molar-refractivity contribution in [3.8, 4) is 0 Å². The maximum absolute atomic E-state index is 13.4. The van der Waals surface area contributed by atoms with E-state index in [0.717, 1.165) is 64.8 Å².